The number of nitrogens with one attached hydrogen (secondary N) is 2. The number of anilines is 1. The third kappa shape index (κ3) is 15.2. The fraction of sp³-hybridized carbons (Fsp3) is 0.720. The lowest BCUT2D eigenvalue weighted by molar-refractivity contribution is 0.124. The van der Waals surface area contributed by atoms with Crippen LogP contribution in [0.2, 0.25) is 0 Å². The van der Waals surface area contributed by atoms with Gasteiger partial charge in [0.05, 0.1) is 11.0 Å². The fourth-order valence-electron chi connectivity index (χ4n) is 4.70. The van der Waals surface area contributed by atoms with Crippen LogP contribution in [0.1, 0.15) is 40.5 Å². The van der Waals surface area contributed by atoms with Crippen molar-refractivity contribution in [3.8, 4) is 0 Å². The monoisotopic (exact) mass is 606 g/mol. The average Bonchev–Trinajstić information content (AvgIpc) is 3.23. The Balaban J connectivity index is 0.000000536. The minimum absolute atomic E-state index is 0.753. The lowest BCUT2D eigenvalue weighted by Crippen LogP contribution is -2.47. The topological polar surface area (TPSA) is 168 Å². The molecule has 1 saturated heterocycles. The summed E-state index contributed by atoms with van der Waals surface area (Å²) in [7, 11) is -10.2. The van der Waals surface area contributed by atoms with Gasteiger partial charge < -0.3 is 25.0 Å². The lowest BCUT2D eigenvalue weighted by atomic mass is 10.1. The summed E-state index contributed by atoms with van der Waals surface area (Å²) in [5, 5.41) is 3.44. The first-order valence-corrected chi connectivity index (χ1v) is 16.4. The number of benzene rings is 1. The molecule has 1 aliphatic rings. The van der Waals surface area contributed by atoms with Gasteiger partial charge in [-0.1, -0.05) is 39.8 Å². The largest absolute Gasteiger partial charge is 0.413 e. The molecule has 1 aromatic carbocycles. The molecule has 0 aliphatic carbocycles. The van der Waals surface area contributed by atoms with Gasteiger partial charge in [0, 0.05) is 45.8 Å². The van der Waals surface area contributed by atoms with Gasteiger partial charge in [0.2, 0.25) is 5.95 Å². The highest BCUT2D eigenvalue weighted by Crippen LogP contribution is 2.13. The van der Waals surface area contributed by atoms with E-state index in [0.29, 0.717) is 0 Å². The molecular weight excluding hydrogens is 560 g/mol. The van der Waals surface area contributed by atoms with Crippen molar-refractivity contribution in [2.24, 2.45) is 11.8 Å². The molecule has 0 spiro atoms. The molecule has 0 saturated carbocycles. The number of para-hydroxylation sites is 2. The van der Waals surface area contributed by atoms with Crippen LogP contribution in [0, 0.1) is 11.8 Å². The average molecular weight is 607 g/mol. The summed E-state index contributed by atoms with van der Waals surface area (Å²) in [6, 6.07) is 8.18. The maximum absolute atomic E-state index is 9.44. The Morgan fingerprint density at radius 3 is 1.93 bits per heavy atom. The van der Waals surface area contributed by atoms with Gasteiger partial charge in [-0.3, -0.25) is 9.11 Å². The number of rotatable bonds is 15. The minimum atomic E-state index is -5.12. The smallest absolute Gasteiger partial charge is 0.356 e. The predicted octanol–water partition coefficient (Wildman–Crippen LogP) is 2.60. The summed E-state index contributed by atoms with van der Waals surface area (Å²) in [5.41, 5.74) is 2.12. The van der Waals surface area contributed by atoms with E-state index >= 15 is 0 Å². The minimum Gasteiger partial charge on any atom is -0.356 e. The number of aromatic nitrogens is 2. The predicted molar refractivity (Wildman–Crippen MR) is 157 cm³/mol. The van der Waals surface area contributed by atoms with Crippen LogP contribution in [0.5, 0.6) is 0 Å². The van der Waals surface area contributed by atoms with Crippen LogP contribution in [-0.2, 0) is 24.4 Å². The molecule has 0 bridgehead atoms. The molecule has 0 atom stereocenters. The SMILES string of the molecule is CC(C)CN(CCCN1CCN(CCCNc2nc3ccccc3[nH]2)CC1)CC(C)C.O=S(=O)(O)OS(=O)(=O)O. The Morgan fingerprint density at radius 2 is 1.45 bits per heavy atom. The number of fused-ring (bicyclic) bond motifs is 1. The van der Waals surface area contributed by atoms with Crippen molar-refractivity contribution in [1.82, 2.24) is 24.7 Å². The van der Waals surface area contributed by atoms with E-state index in [-0.39, 0.29) is 0 Å². The number of piperazine rings is 1. The second kappa shape index (κ2) is 16.6. The van der Waals surface area contributed by atoms with E-state index in [1.54, 1.807) is 0 Å². The van der Waals surface area contributed by atoms with Crippen LogP contribution in [-0.4, -0.2) is 116 Å². The van der Waals surface area contributed by atoms with Crippen molar-refractivity contribution in [3.05, 3.63) is 24.3 Å². The van der Waals surface area contributed by atoms with Crippen LogP contribution in [0.25, 0.3) is 11.0 Å². The first kappa shape index (κ1) is 34.4. The number of hydrogen-bond acceptors (Lipinski definition) is 10. The van der Waals surface area contributed by atoms with E-state index in [4.69, 9.17) is 9.11 Å². The van der Waals surface area contributed by atoms with Crippen molar-refractivity contribution in [3.63, 3.8) is 0 Å². The molecule has 1 aliphatic heterocycles. The molecule has 1 fully saturated rings. The van der Waals surface area contributed by atoms with E-state index in [1.807, 2.05) is 18.2 Å². The lowest BCUT2D eigenvalue weighted by Gasteiger charge is -2.35. The van der Waals surface area contributed by atoms with Gasteiger partial charge >= 0.3 is 20.8 Å². The van der Waals surface area contributed by atoms with Crippen molar-refractivity contribution < 1.29 is 29.6 Å². The summed E-state index contributed by atoms with van der Waals surface area (Å²) in [6.07, 6.45) is 2.44. The van der Waals surface area contributed by atoms with Crippen LogP contribution >= 0.6 is 0 Å². The molecule has 3 rings (SSSR count). The molecule has 2 heterocycles. The number of imidazole rings is 1. The van der Waals surface area contributed by atoms with E-state index < -0.39 is 20.8 Å². The summed E-state index contributed by atoms with van der Waals surface area (Å²) in [5.74, 6) is 2.39. The van der Waals surface area contributed by atoms with Gasteiger partial charge in [-0.25, -0.2) is 4.98 Å². The third-order valence-corrected chi connectivity index (χ3v) is 7.54. The quantitative estimate of drug-likeness (QED) is 0.173. The van der Waals surface area contributed by atoms with Crippen LogP contribution in [0.15, 0.2) is 24.3 Å². The second-order valence-corrected chi connectivity index (χ2v) is 13.1. The Kier molecular flexibility index (Phi) is 14.2. The number of hydrogen-bond donors (Lipinski definition) is 4. The highest BCUT2D eigenvalue weighted by atomic mass is 32.3. The maximum Gasteiger partial charge on any atom is 0.413 e. The zero-order valence-electron chi connectivity index (χ0n) is 24.0. The van der Waals surface area contributed by atoms with Gasteiger partial charge in [0.1, 0.15) is 0 Å². The Morgan fingerprint density at radius 1 is 0.925 bits per heavy atom. The van der Waals surface area contributed by atoms with Gasteiger partial charge in [-0.15, -0.1) is 3.63 Å². The highest BCUT2D eigenvalue weighted by molar-refractivity contribution is 7.94. The number of nitrogens with zero attached hydrogens (tertiary/aromatic N) is 4. The van der Waals surface area contributed by atoms with Crippen molar-refractivity contribution in [1.29, 1.82) is 0 Å². The molecule has 2 aromatic rings. The van der Waals surface area contributed by atoms with Crippen molar-refractivity contribution in [2.45, 2.75) is 40.5 Å². The molecule has 0 amide bonds. The zero-order valence-corrected chi connectivity index (χ0v) is 25.6. The molecule has 40 heavy (non-hydrogen) atoms. The van der Waals surface area contributed by atoms with Gasteiger partial charge in [-0.05, 0) is 56.4 Å². The fourth-order valence-corrected chi connectivity index (χ4v) is 5.57. The first-order valence-electron chi connectivity index (χ1n) is 13.7. The number of H-pyrrole nitrogens is 1. The van der Waals surface area contributed by atoms with E-state index in [9.17, 15) is 16.8 Å². The molecule has 4 N–H and O–H groups in total. The molecule has 230 valence electrons. The summed E-state index contributed by atoms with van der Waals surface area (Å²) in [4.78, 5) is 15.9. The van der Waals surface area contributed by atoms with Gasteiger partial charge in [0.15, 0.2) is 0 Å². The Hall–Kier alpha value is -1.85. The second-order valence-electron chi connectivity index (χ2n) is 10.9. The first-order chi connectivity index (χ1) is 18.7. The van der Waals surface area contributed by atoms with Crippen LogP contribution < -0.4 is 5.32 Å². The van der Waals surface area contributed by atoms with Crippen LogP contribution in [0.4, 0.5) is 5.95 Å². The van der Waals surface area contributed by atoms with Crippen LogP contribution in [0.3, 0.4) is 0 Å². The third-order valence-electron chi connectivity index (χ3n) is 6.17. The normalized spacial score (nSPS) is 15.6. The molecule has 15 heteroatoms. The van der Waals surface area contributed by atoms with E-state index in [2.05, 4.69) is 67.4 Å². The van der Waals surface area contributed by atoms with Crippen molar-refractivity contribution in [2.75, 3.05) is 70.8 Å². The zero-order chi connectivity index (χ0) is 29.8. The molecule has 0 unspecified atom stereocenters. The van der Waals surface area contributed by atoms with Crippen molar-refractivity contribution >= 4 is 37.8 Å². The molecule has 1 aromatic heterocycles. The molecular formula is C25H46N6O7S2. The van der Waals surface area contributed by atoms with Gasteiger partial charge in [0.25, 0.3) is 0 Å². The Labute approximate surface area is 239 Å². The number of aromatic amines is 1. The summed E-state index contributed by atoms with van der Waals surface area (Å²) >= 11 is 0. The summed E-state index contributed by atoms with van der Waals surface area (Å²) in [6.45, 7) is 21.2. The molecule has 0 radical (unpaired) electrons. The highest BCUT2D eigenvalue weighted by Gasteiger charge is 2.17. The summed E-state index contributed by atoms with van der Waals surface area (Å²) < 4.78 is 55.6. The maximum atomic E-state index is 9.44. The standard InChI is InChI=1S/C25H44N6.H2O7S2/c1-21(2)19-31(20-22(3)4)14-8-13-30-17-15-29(16-18-30)12-7-11-26-25-27-23-9-5-6-10-24(23)28-25;1-8(2,3)7-9(4,5)6/h5-6,9-10,21-22H,7-8,11-20H2,1-4H3,(H2,26,27,28);(H,1,2,3)(H,4,5,6). The Bertz CT molecular complexity index is 1140. The molecule has 13 nitrogen and oxygen atoms in total. The van der Waals surface area contributed by atoms with E-state index in [0.717, 1.165) is 48.3 Å². The van der Waals surface area contributed by atoms with Gasteiger partial charge in [-0.2, -0.15) is 16.8 Å². The van der Waals surface area contributed by atoms with E-state index in [1.165, 1.54) is 58.8 Å².